The van der Waals surface area contributed by atoms with Gasteiger partial charge in [0.2, 0.25) is 0 Å². The second-order valence-electron chi connectivity index (χ2n) is 6.74. The highest BCUT2D eigenvalue weighted by Crippen LogP contribution is 2.32. The van der Waals surface area contributed by atoms with Crippen molar-refractivity contribution in [2.24, 2.45) is 0 Å². The molecule has 0 saturated carbocycles. The van der Waals surface area contributed by atoms with Crippen molar-refractivity contribution in [2.75, 3.05) is 19.6 Å². The number of alkyl halides is 2. The van der Waals surface area contributed by atoms with Gasteiger partial charge in [0, 0.05) is 37.0 Å². The Hall–Kier alpha value is -2.00. The lowest BCUT2D eigenvalue weighted by atomic mass is 9.95. The standard InChI is InChI=1S/C18H21F2N5OS/c19-18(20)27-14-4-2-1-3-13(14)17(26)24-8-5-12(6-9-24)16-23-22-15-11-21-7-10-25(15)16/h1-4,12,18,21H,5-11H2. The molecule has 0 radical (unpaired) electrons. The van der Waals surface area contributed by atoms with E-state index >= 15 is 0 Å². The van der Waals surface area contributed by atoms with Gasteiger partial charge in [0.05, 0.1) is 12.1 Å². The molecule has 3 heterocycles. The van der Waals surface area contributed by atoms with E-state index in [2.05, 4.69) is 20.1 Å². The maximum absolute atomic E-state index is 12.9. The molecule has 0 spiro atoms. The van der Waals surface area contributed by atoms with Crippen LogP contribution in [0.15, 0.2) is 29.2 Å². The summed E-state index contributed by atoms with van der Waals surface area (Å²) in [5, 5.41) is 11.9. The quantitative estimate of drug-likeness (QED) is 0.810. The van der Waals surface area contributed by atoms with Gasteiger partial charge in [-0.25, -0.2) is 0 Å². The van der Waals surface area contributed by atoms with Gasteiger partial charge in [0.1, 0.15) is 11.6 Å². The first-order valence-electron chi connectivity index (χ1n) is 9.09. The Balaban J connectivity index is 1.44. The van der Waals surface area contributed by atoms with Gasteiger partial charge in [-0.1, -0.05) is 23.9 Å². The number of amides is 1. The van der Waals surface area contributed by atoms with Crippen LogP contribution in [0.3, 0.4) is 0 Å². The van der Waals surface area contributed by atoms with Gasteiger partial charge in [-0.2, -0.15) is 8.78 Å². The van der Waals surface area contributed by atoms with Crippen LogP contribution in [-0.4, -0.2) is 51.0 Å². The molecule has 9 heteroatoms. The molecule has 2 aromatic rings. The van der Waals surface area contributed by atoms with Crippen molar-refractivity contribution >= 4 is 17.7 Å². The molecule has 144 valence electrons. The number of piperidine rings is 1. The lowest BCUT2D eigenvalue weighted by Crippen LogP contribution is -2.39. The van der Waals surface area contributed by atoms with E-state index in [9.17, 15) is 13.6 Å². The van der Waals surface area contributed by atoms with Gasteiger partial charge < -0.3 is 14.8 Å². The van der Waals surface area contributed by atoms with E-state index in [-0.39, 0.29) is 11.8 Å². The van der Waals surface area contributed by atoms with E-state index in [0.717, 1.165) is 44.1 Å². The van der Waals surface area contributed by atoms with E-state index in [4.69, 9.17) is 0 Å². The normalized spacial score (nSPS) is 18.0. The molecule has 1 aromatic carbocycles. The van der Waals surface area contributed by atoms with Crippen molar-refractivity contribution in [3.8, 4) is 0 Å². The topological polar surface area (TPSA) is 63.1 Å². The maximum Gasteiger partial charge on any atom is 0.288 e. The largest absolute Gasteiger partial charge is 0.339 e. The van der Waals surface area contributed by atoms with Crippen LogP contribution in [0, 0.1) is 0 Å². The molecule has 0 bridgehead atoms. The summed E-state index contributed by atoms with van der Waals surface area (Å²) in [7, 11) is 0. The van der Waals surface area contributed by atoms with Crippen LogP contribution in [0.25, 0.3) is 0 Å². The summed E-state index contributed by atoms with van der Waals surface area (Å²) in [6.45, 7) is 3.71. The van der Waals surface area contributed by atoms with Crippen molar-refractivity contribution in [3.05, 3.63) is 41.5 Å². The number of carbonyl (C=O) groups excluding carboxylic acids is 1. The molecular weight excluding hydrogens is 372 g/mol. The molecule has 27 heavy (non-hydrogen) atoms. The van der Waals surface area contributed by atoms with Crippen molar-refractivity contribution in [2.45, 2.75) is 42.5 Å². The summed E-state index contributed by atoms with van der Waals surface area (Å²) in [5.74, 6) is -0.470. The third-order valence-corrected chi connectivity index (χ3v) is 5.92. The number of rotatable bonds is 4. The van der Waals surface area contributed by atoms with Crippen LogP contribution in [0.4, 0.5) is 8.78 Å². The fraction of sp³-hybridized carbons (Fsp3) is 0.500. The number of benzene rings is 1. The predicted molar refractivity (Wildman–Crippen MR) is 97.9 cm³/mol. The molecule has 1 saturated heterocycles. The fourth-order valence-corrected chi connectivity index (χ4v) is 4.40. The van der Waals surface area contributed by atoms with Crippen LogP contribution in [0.5, 0.6) is 0 Å². The SMILES string of the molecule is O=C(c1ccccc1SC(F)F)N1CCC(c2nnc3n2CCNC3)CC1. The summed E-state index contributed by atoms with van der Waals surface area (Å²) in [6, 6.07) is 6.59. The van der Waals surface area contributed by atoms with E-state index in [0.29, 0.717) is 35.3 Å². The molecule has 1 amide bonds. The van der Waals surface area contributed by atoms with Crippen molar-refractivity contribution < 1.29 is 13.6 Å². The van der Waals surface area contributed by atoms with Crippen molar-refractivity contribution in [1.82, 2.24) is 25.0 Å². The smallest absolute Gasteiger partial charge is 0.288 e. The van der Waals surface area contributed by atoms with Gasteiger partial charge in [0.15, 0.2) is 0 Å². The molecule has 0 aliphatic carbocycles. The van der Waals surface area contributed by atoms with Gasteiger partial charge >= 0.3 is 0 Å². The minimum atomic E-state index is -2.54. The Kier molecular flexibility index (Phi) is 5.40. The predicted octanol–water partition coefficient (Wildman–Crippen LogP) is 2.72. The lowest BCUT2D eigenvalue weighted by Gasteiger charge is -2.32. The van der Waals surface area contributed by atoms with Crippen LogP contribution >= 0.6 is 11.8 Å². The average Bonchev–Trinajstić information content (AvgIpc) is 3.12. The highest BCUT2D eigenvalue weighted by atomic mass is 32.2. The van der Waals surface area contributed by atoms with Crippen molar-refractivity contribution in [3.63, 3.8) is 0 Å². The minimum absolute atomic E-state index is 0.176. The molecule has 4 rings (SSSR count). The molecule has 1 N–H and O–H groups in total. The molecule has 6 nitrogen and oxygen atoms in total. The first-order chi connectivity index (χ1) is 13.1. The Bertz CT molecular complexity index is 820. The van der Waals surface area contributed by atoms with E-state index < -0.39 is 5.76 Å². The Morgan fingerprint density at radius 2 is 1.96 bits per heavy atom. The number of halogens is 2. The van der Waals surface area contributed by atoms with Crippen LogP contribution in [-0.2, 0) is 13.1 Å². The fourth-order valence-electron chi connectivity index (χ4n) is 3.77. The van der Waals surface area contributed by atoms with Crippen LogP contribution in [0.1, 0.15) is 40.8 Å². The highest BCUT2D eigenvalue weighted by Gasteiger charge is 2.30. The van der Waals surface area contributed by atoms with Gasteiger partial charge in [-0.05, 0) is 25.0 Å². The number of nitrogens with zero attached hydrogens (tertiary/aromatic N) is 4. The first-order valence-corrected chi connectivity index (χ1v) is 9.97. The second kappa shape index (κ2) is 7.93. The van der Waals surface area contributed by atoms with Crippen molar-refractivity contribution in [1.29, 1.82) is 0 Å². The molecule has 2 aliphatic heterocycles. The summed E-state index contributed by atoms with van der Waals surface area (Å²) in [4.78, 5) is 14.9. The minimum Gasteiger partial charge on any atom is -0.339 e. The van der Waals surface area contributed by atoms with Gasteiger partial charge in [-0.15, -0.1) is 10.2 Å². The molecular formula is C18H21F2N5OS. The Labute approximate surface area is 160 Å². The first kappa shape index (κ1) is 18.4. The van der Waals surface area contributed by atoms with Gasteiger partial charge in [0.25, 0.3) is 11.7 Å². The van der Waals surface area contributed by atoms with Gasteiger partial charge in [-0.3, -0.25) is 4.79 Å². The number of aromatic nitrogens is 3. The summed E-state index contributed by atoms with van der Waals surface area (Å²) < 4.78 is 27.7. The molecule has 0 atom stereocenters. The average molecular weight is 393 g/mol. The number of hydrogen-bond donors (Lipinski definition) is 1. The summed E-state index contributed by atoms with van der Waals surface area (Å²) >= 11 is 0.423. The highest BCUT2D eigenvalue weighted by molar-refractivity contribution is 7.99. The Morgan fingerprint density at radius 3 is 2.74 bits per heavy atom. The number of thioether (sulfide) groups is 1. The Morgan fingerprint density at radius 1 is 1.19 bits per heavy atom. The summed E-state index contributed by atoms with van der Waals surface area (Å²) in [5.41, 5.74) is 0.354. The third kappa shape index (κ3) is 3.84. The number of fused-ring (bicyclic) bond motifs is 1. The molecule has 1 fully saturated rings. The number of nitrogens with one attached hydrogen (secondary N) is 1. The monoisotopic (exact) mass is 393 g/mol. The van der Waals surface area contributed by atoms with E-state index in [1.54, 1.807) is 29.2 Å². The molecule has 0 unspecified atom stereocenters. The lowest BCUT2D eigenvalue weighted by molar-refractivity contribution is 0.0706. The maximum atomic E-state index is 12.9. The molecule has 1 aromatic heterocycles. The summed E-state index contributed by atoms with van der Waals surface area (Å²) in [6.07, 6.45) is 1.61. The number of likely N-dealkylation sites (tertiary alicyclic amines) is 1. The molecule has 2 aliphatic rings. The second-order valence-corrected chi connectivity index (χ2v) is 7.78. The zero-order chi connectivity index (χ0) is 18.8. The van der Waals surface area contributed by atoms with Crippen LogP contribution < -0.4 is 5.32 Å². The zero-order valence-electron chi connectivity index (χ0n) is 14.8. The van der Waals surface area contributed by atoms with E-state index in [1.807, 2.05) is 0 Å². The van der Waals surface area contributed by atoms with E-state index in [1.165, 1.54) is 0 Å². The number of hydrogen-bond acceptors (Lipinski definition) is 5. The third-order valence-electron chi connectivity index (χ3n) is 5.13. The zero-order valence-corrected chi connectivity index (χ0v) is 15.6. The number of carbonyl (C=O) groups is 1. The van der Waals surface area contributed by atoms with Crippen LogP contribution in [0.2, 0.25) is 0 Å².